The molecule has 21 heavy (non-hydrogen) atoms. The van der Waals surface area contributed by atoms with Gasteiger partial charge in [-0.2, -0.15) is 35.4 Å². The van der Waals surface area contributed by atoms with Crippen LogP contribution in [0.3, 0.4) is 0 Å². The molecule has 0 atom stereocenters. The molecule has 0 aromatic heterocycles. The SMILES string of the molecule is CCCC[c-]1cccc1.CCCC[c-]1cccc1.[Cl-].[Cl-].[Hf+4]. The van der Waals surface area contributed by atoms with Crippen LogP contribution in [0.5, 0.6) is 0 Å². The Morgan fingerprint density at radius 3 is 1.14 bits per heavy atom. The molecule has 0 heterocycles. The van der Waals surface area contributed by atoms with Gasteiger partial charge in [0.05, 0.1) is 0 Å². The van der Waals surface area contributed by atoms with Crippen molar-refractivity contribution in [3.63, 3.8) is 0 Å². The maximum atomic E-state index is 2.23. The van der Waals surface area contributed by atoms with Gasteiger partial charge in [0, 0.05) is 0 Å². The molecule has 0 bridgehead atoms. The summed E-state index contributed by atoms with van der Waals surface area (Å²) < 4.78 is 0. The predicted molar refractivity (Wildman–Crippen MR) is 81.3 cm³/mol. The van der Waals surface area contributed by atoms with Crippen molar-refractivity contribution in [1.29, 1.82) is 0 Å². The predicted octanol–water partition coefficient (Wildman–Crippen LogP) is -0.498. The average Bonchev–Trinajstić information content (AvgIpc) is 3.07. The molecule has 0 nitrogen and oxygen atoms in total. The number of hydrogen-bond acceptors (Lipinski definition) is 0. The third kappa shape index (κ3) is 13.5. The van der Waals surface area contributed by atoms with Crippen molar-refractivity contribution < 1.29 is 50.7 Å². The van der Waals surface area contributed by atoms with Gasteiger partial charge in [-0.1, -0.05) is 52.4 Å². The zero-order valence-electron chi connectivity index (χ0n) is 13.1. The van der Waals surface area contributed by atoms with E-state index in [1.165, 1.54) is 49.7 Å². The molecule has 2 aromatic carbocycles. The van der Waals surface area contributed by atoms with Crippen LogP contribution in [0, 0.1) is 0 Å². The summed E-state index contributed by atoms with van der Waals surface area (Å²) in [6, 6.07) is 17.2. The number of halogens is 2. The van der Waals surface area contributed by atoms with E-state index in [0.717, 1.165) is 0 Å². The Kier molecular flexibility index (Phi) is 22.6. The summed E-state index contributed by atoms with van der Waals surface area (Å²) in [6.07, 6.45) is 7.75. The molecule has 0 radical (unpaired) electrons. The molecule has 0 aliphatic heterocycles. The number of rotatable bonds is 6. The molecular formula is C18H26Cl2Hf. The van der Waals surface area contributed by atoms with Gasteiger partial charge in [-0.3, -0.25) is 0 Å². The van der Waals surface area contributed by atoms with Crippen LogP contribution >= 0.6 is 0 Å². The fraction of sp³-hybridized carbons (Fsp3) is 0.444. The minimum Gasteiger partial charge on any atom is -1.00 e. The summed E-state index contributed by atoms with van der Waals surface area (Å²) in [7, 11) is 0. The van der Waals surface area contributed by atoms with Gasteiger partial charge >= 0.3 is 25.8 Å². The Hall–Kier alpha value is 0.150. The van der Waals surface area contributed by atoms with E-state index in [2.05, 4.69) is 62.4 Å². The van der Waals surface area contributed by atoms with E-state index >= 15 is 0 Å². The molecule has 0 N–H and O–H groups in total. The van der Waals surface area contributed by atoms with Gasteiger partial charge in [-0.25, -0.2) is 24.3 Å². The largest absolute Gasteiger partial charge is 4.00 e. The van der Waals surface area contributed by atoms with E-state index in [9.17, 15) is 0 Å². The minimum atomic E-state index is 0. The molecule has 0 unspecified atom stereocenters. The molecule has 0 aliphatic rings. The van der Waals surface area contributed by atoms with Crippen LogP contribution in [-0.4, -0.2) is 0 Å². The van der Waals surface area contributed by atoms with Gasteiger partial charge in [0.2, 0.25) is 0 Å². The minimum absolute atomic E-state index is 0. The third-order valence-electron chi connectivity index (χ3n) is 3.10. The topological polar surface area (TPSA) is 0 Å². The van der Waals surface area contributed by atoms with Crippen LogP contribution in [0.1, 0.15) is 50.7 Å². The molecule has 0 aliphatic carbocycles. The summed E-state index contributed by atoms with van der Waals surface area (Å²) in [5.41, 5.74) is 2.97. The van der Waals surface area contributed by atoms with Gasteiger partial charge < -0.3 is 24.8 Å². The van der Waals surface area contributed by atoms with Crippen LogP contribution in [0.25, 0.3) is 0 Å². The van der Waals surface area contributed by atoms with E-state index < -0.39 is 0 Å². The van der Waals surface area contributed by atoms with Crippen LogP contribution in [0.15, 0.2) is 48.5 Å². The fourth-order valence-corrected chi connectivity index (χ4v) is 1.92. The summed E-state index contributed by atoms with van der Waals surface area (Å²) in [6.45, 7) is 4.45. The molecule has 2 aromatic rings. The van der Waals surface area contributed by atoms with E-state index in [-0.39, 0.29) is 50.7 Å². The number of unbranched alkanes of at least 4 members (excludes halogenated alkanes) is 2. The third-order valence-corrected chi connectivity index (χ3v) is 3.10. The van der Waals surface area contributed by atoms with E-state index in [1.807, 2.05) is 0 Å². The van der Waals surface area contributed by atoms with Gasteiger partial charge in [-0.15, -0.1) is 0 Å². The van der Waals surface area contributed by atoms with Crippen molar-refractivity contribution in [3.05, 3.63) is 59.7 Å². The van der Waals surface area contributed by atoms with Crippen LogP contribution < -0.4 is 24.8 Å². The zero-order valence-corrected chi connectivity index (χ0v) is 18.2. The monoisotopic (exact) mass is 492 g/mol. The fourth-order valence-electron chi connectivity index (χ4n) is 1.92. The van der Waals surface area contributed by atoms with E-state index in [1.54, 1.807) is 0 Å². The second kappa shape index (κ2) is 18.2. The summed E-state index contributed by atoms with van der Waals surface area (Å²) >= 11 is 0. The van der Waals surface area contributed by atoms with Crippen molar-refractivity contribution in [2.45, 2.75) is 52.4 Å². The van der Waals surface area contributed by atoms with E-state index in [0.29, 0.717) is 0 Å². The normalized spacial score (nSPS) is 8.48. The first-order valence-corrected chi connectivity index (χ1v) is 7.28. The first-order valence-electron chi connectivity index (χ1n) is 7.28. The summed E-state index contributed by atoms with van der Waals surface area (Å²) in [5.74, 6) is 0. The molecule has 0 amide bonds. The first-order chi connectivity index (χ1) is 8.86. The molecule has 0 saturated carbocycles. The maximum absolute atomic E-state index is 2.23. The second-order valence-electron chi connectivity index (χ2n) is 4.79. The standard InChI is InChI=1S/2C9H13.2ClH.Hf/c2*1-2-3-6-9-7-4-5-8-9;;;/h2*4-5,7-8H,2-3,6H2,1H3;2*1H;/q2*-1;;;+4/p-2. The first kappa shape index (κ1) is 26.1. The Labute approximate surface area is 162 Å². The molecule has 0 spiro atoms. The molecule has 116 valence electrons. The van der Waals surface area contributed by atoms with Crippen LogP contribution in [0.4, 0.5) is 0 Å². The van der Waals surface area contributed by atoms with Gasteiger partial charge in [-0.05, 0) is 0 Å². The van der Waals surface area contributed by atoms with Gasteiger partial charge in [0.15, 0.2) is 0 Å². The maximum Gasteiger partial charge on any atom is 4.00 e. The average molecular weight is 492 g/mol. The Morgan fingerprint density at radius 2 is 0.905 bits per heavy atom. The van der Waals surface area contributed by atoms with Gasteiger partial charge in [0.25, 0.3) is 0 Å². The van der Waals surface area contributed by atoms with E-state index in [4.69, 9.17) is 0 Å². The zero-order chi connectivity index (χ0) is 13.1. The van der Waals surface area contributed by atoms with Gasteiger partial charge in [0.1, 0.15) is 0 Å². The quantitative estimate of drug-likeness (QED) is 0.378. The van der Waals surface area contributed by atoms with Crippen molar-refractivity contribution >= 4 is 0 Å². The molecule has 2 rings (SSSR count). The Bertz CT molecular complexity index is 328. The van der Waals surface area contributed by atoms with Crippen molar-refractivity contribution in [1.82, 2.24) is 0 Å². The Morgan fingerprint density at radius 1 is 0.619 bits per heavy atom. The van der Waals surface area contributed by atoms with Crippen LogP contribution in [-0.2, 0) is 38.7 Å². The summed E-state index contributed by atoms with van der Waals surface area (Å²) in [4.78, 5) is 0. The smallest absolute Gasteiger partial charge is 1.00 e. The van der Waals surface area contributed by atoms with Crippen LogP contribution in [0.2, 0.25) is 0 Å². The molecule has 0 fully saturated rings. The summed E-state index contributed by atoms with van der Waals surface area (Å²) in [5, 5.41) is 0. The number of hydrogen-bond donors (Lipinski definition) is 0. The number of aryl methyl sites for hydroxylation is 2. The molecule has 3 heteroatoms. The second-order valence-corrected chi connectivity index (χ2v) is 4.79. The van der Waals surface area contributed by atoms with Crippen molar-refractivity contribution in [3.8, 4) is 0 Å². The van der Waals surface area contributed by atoms with Crippen molar-refractivity contribution in [2.75, 3.05) is 0 Å². The van der Waals surface area contributed by atoms with Crippen molar-refractivity contribution in [2.24, 2.45) is 0 Å². The molecule has 0 saturated heterocycles. The molecular weight excluding hydrogens is 466 g/mol. The Balaban J connectivity index is -0.000000270.